The van der Waals surface area contributed by atoms with Crippen LogP contribution in [0, 0.1) is 5.92 Å². The Balaban J connectivity index is 2.18. The Morgan fingerprint density at radius 3 is 2.73 bits per heavy atom. The second-order valence-corrected chi connectivity index (χ2v) is 3.39. The van der Waals surface area contributed by atoms with Crippen molar-refractivity contribution in [3.63, 3.8) is 0 Å². The molecule has 1 aliphatic rings. The summed E-state index contributed by atoms with van der Waals surface area (Å²) in [6.07, 6.45) is 5.63. The van der Waals surface area contributed by atoms with Gasteiger partial charge in [-0.3, -0.25) is 0 Å². The predicted molar refractivity (Wildman–Crippen MR) is 44.5 cm³/mol. The number of methoxy groups -OCH3 is 1. The van der Waals surface area contributed by atoms with Crippen LogP contribution in [0.5, 0.6) is 0 Å². The summed E-state index contributed by atoms with van der Waals surface area (Å²) in [6.45, 7) is 0.793. The average Bonchev–Trinajstić information content (AvgIpc) is 2.03. The lowest BCUT2D eigenvalue weighted by Crippen LogP contribution is -2.25. The van der Waals surface area contributed by atoms with E-state index in [0.717, 1.165) is 19.4 Å². The van der Waals surface area contributed by atoms with Crippen LogP contribution in [0.15, 0.2) is 0 Å². The highest BCUT2D eigenvalue weighted by atomic mass is 16.5. The zero-order valence-corrected chi connectivity index (χ0v) is 7.25. The van der Waals surface area contributed by atoms with Crippen molar-refractivity contribution in [1.29, 1.82) is 0 Å². The maximum absolute atomic E-state index is 9.54. The van der Waals surface area contributed by atoms with E-state index in [-0.39, 0.29) is 6.10 Å². The molecular weight excluding hydrogens is 140 g/mol. The van der Waals surface area contributed by atoms with E-state index in [2.05, 4.69) is 0 Å². The van der Waals surface area contributed by atoms with E-state index in [9.17, 15) is 5.11 Å². The minimum absolute atomic E-state index is 0.0566. The fourth-order valence-electron chi connectivity index (χ4n) is 1.79. The molecule has 0 aromatic carbocycles. The Kier molecular flexibility index (Phi) is 3.87. The summed E-state index contributed by atoms with van der Waals surface area (Å²) in [5.41, 5.74) is 0. The normalized spacial score (nSPS) is 32.2. The number of aliphatic hydroxyl groups is 1. The van der Waals surface area contributed by atoms with Gasteiger partial charge in [0, 0.05) is 13.7 Å². The third-order valence-corrected chi connectivity index (χ3v) is 2.56. The van der Waals surface area contributed by atoms with Crippen molar-refractivity contribution in [3.05, 3.63) is 0 Å². The van der Waals surface area contributed by atoms with Crippen molar-refractivity contribution in [2.24, 2.45) is 5.92 Å². The first-order valence-electron chi connectivity index (χ1n) is 4.51. The maximum atomic E-state index is 9.54. The van der Waals surface area contributed by atoms with Gasteiger partial charge in [0.05, 0.1) is 6.10 Å². The first kappa shape index (κ1) is 9.01. The number of hydrogen-bond donors (Lipinski definition) is 1. The quantitative estimate of drug-likeness (QED) is 0.675. The highest BCUT2D eigenvalue weighted by Crippen LogP contribution is 2.26. The molecule has 1 N–H and O–H groups in total. The van der Waals surface area contributed by atoms with Crippen molar-refractivity contribution in [3.8, 4) is 0 Å². The van der Waals surface area contributed by atoms with Crippen molar-refractivity contribution in [2.75, 3.05) is 13.7 Å². The summed E-state index contributed by atoms with van der Waals surface area (Å²) in [6, 6.07) is 0. The van der Waals surface area contributed by atoms with Gasteiger partial charge in [-0.2, -0.15) is 0 Å². The summed E-state index contributed by atoms with van der Waals surface area (Å²) in [7, 11) is 1.72. The van der Waals surface area contributed by atoms with Crippen LogP contribution in [-0.4, -0.2) is 24.9 Å². The van der Waals surface area contributed by atoms with Gasteiger partial charge in [0.25, 0.3) is 0 Å². The molecule has 0 aromatic rings. The van der Waals surface area contributed by atoms with E-state index in [0.29, 0.717) is 5.92 Å². The van der Waals surface area contributed by atoms with Crippen LogP contribution in [0.2, 0.25) is 0 Å². The van der Waals surface area contributed by atoms with E-state index < -0.39 is 0 Å². The lowest BCUT2D eigenvalue weighted by atomic mass is 9.85. The Labute approximate surface area is 68.6 Å². The Bertz CT molecular complexity index is 104. The molecule has 1 saturated carbocycles. The van der Waals surface area contributed by atoms with Gasteiger partial charge in [-0.05, 0) is 25.2 Å². The first-order chi connectivity index (χ1) is 5.34. The minimum atomic E-state index is -0.0566. The summed E-state index contributed by atoms with van der Waals surface area (Å²) in [5, 5.41) is 9.54. The van der Waals surface area contributed by atoms with Crippen LogP contribution in [0.25, 0.3) is 0 Å². The van der Waals surface area contributed by atoms with Gasteiger partial charge in [0.15, 0.2) is 0 Å². The molecule has 0 heterocycles. The topological polar surface area (TPSA) is 29.5 Å². The Morgan fingerprint density at radius 2 is 2.09 bits per heavy atom. The molecular formula is C9H18O2. The third kappa shape index (κ3) is 2.80. The molecule has 0 amide bonds. The standard InChI is InChI=1S/C9H18O2/c1-11-7-6-8-4-2-3-5-9(8)10/h8-10H,2-7H2,1H3/t8-,9-/m0/s1. The largest absolute Gasteiger partial charge is 0.393 e. The zero-order chi connectivity index (χ0) is 8.10. The van der Waals surface area contributed by atoms with Gasteiger partial charge in [0.1, 0.15) is 0 Å². The van der Waals surface area contributed by atoms with Gasteiger partial charge in [-0.25, -0.2) is 0 Å². The second kappa shape index (κ2) is 4.73. The van der Waals surface area contributed by atoms with Gasteiger partial charge in [0.2, 0.25) is 0 Å². The third-order valence-electron chi connectivity index (χ3n) is 2.56. The monoisotopic (exact) mass is 158 g/mol. The SMILES string of the molecule is COCC[C@@H]1CCCC[C@@H]1O. The summed E-state index contributed by atoms with van der Waals surface area (Å²) in [4.78, 5) is 0. The van der Waals surface area contributed by atoms with Crippen molar-refractivity contribution >= 4 is 0 Å². The van der Waals surface area contributed by atoms with E-state index in [1.54, 1.807) is 7.11 Å². The lowest BCUT2D eigenvalue weighted by molar-refractivity contribution is 0.0488. The molecule has 1 rings (SSSR count). The van der Waals surface area contributed by atoms with Crippen LogP contribution < -0.4 is 0 Å². The number of rotatable bonds is 3. The van der Waals surface area contributed by atoms with Crippen molar-refractivity contribution in [2.45, 2.75) is 38.2 Å². The first-order valence-corrected chi connectivity index (χ1v) is 4.51. The van der Waals surface area contributed by atoms with E-state index in [1.165, 1.54) is 19.3 Å². The number of ether oxygens (including phenoxy) is 1. The van der Waals surface area contributed by atoms with Crippen LogP contribution in [0.1, 0.15) is 32.1 Å². The maximum Gasteiger partial charge on any atom is 0.0569 e. The molecule has 2 heteroatoms. The Morgan fingerprint density at radius 1 is 1.36 bits per heavy atom. The fourth-order valence-corrected chi connectivity index (χ4v) is 1.79. The van der Waals surface area contributed by atoms with E-state index >= 15 is 0 Å². The fraction of sp³-hybridized carbons (Fsp3) is 1.00. The van der Waals surface area contributed by atoms with Crippen molar-refractivity contribution < 1.29 is 9.84 Å². The highest BCUT2D eigenvalue weighted by molar-refractivity contribution is 4.73. The molecule has 1 fully saturated rings. The summed E-state index contributed by atoms with van der Waals surface area (Å²) < 4.78 is 4.98. The summed E-state index contributed by atoms with van der Waals surface area (Å²) in [5.74, 6) is 0.503. The molecule has 1 aliphatic carbocycles. The zero-order valence-electron chi connectivity index (χ0n) is 7.25. The molecule has 0 radical (unpaired) electrons. The molecule has 66 valence electrons. The van der Waals surface area contributed by atoms with Crippen LogP contribution in [0.3, 0.4) is 0 Å². The van der Waals surface area contributed by atoms with Crippen LogP contribution in [-0.2, 0) is 4.74 Å². The van der Waals surface area contributed by atoms with Gasteiger partial charge in [-0.15, -0.1) is 0 Å². The molecule has 0 aliphatic heterocycles. The molecule has 0 bridgehead atoms. The molecule has 0 spiro atoms. The average molecular weight is 158 g/mol. The molecule has 11 heavy (non-hydrogen) atoms. The Hall–Kier alpha value is -0.0800. The molecule has 2 nitrogen and oxygen atoms in total. The van der Waals surface area contributed by atoms with Gasteiger partial charge < -0.3 is 9.84 Å². The minimum Gasteiger partial charge on any atom is -0.393 e. The smallest absolute Gasteiger partial charge is 0.0569 e. The number of aliphatic hydroxyl groups excluding tert-OH is 1. The van der Waals surface area contributed by atoms with Gasteiger partial charge >= 0.3 is 0 Å². The van der Waals surface area contributed by atoms with Crippen LogP contribution >= 0.6 is 0 Å². The van der Waals surface area contributed by atoms with E-state index in [1.807, 2.05) is 0 Å². The van der Waals surface area contributed by atoms with E-state index in [4.69, 9.17) is 4.74 Å². The number of hydrogen-bond acceptors (Lipinski definition) is 2. The molecule has 0 saturated heterocycles. The predicted octanol–water partition coefficient (Wildman–Crippen LogP) is 1.57. The molecule has 2 atom stereocenters. The second-order valence-electron chi connectivity index (χ2n) is 3.39. The summed E-state index contributed by atoms with van der Waals surface area (Å²) >= 11 is 0. The lowest BCUT2D eigenvalue weighted by Gasteiger charge is -2.27. The molecule has 0 aromatic heterocycles. The van der Waals surface area contributed by atoms with Crippen molar-refractivity contribution in [1.82, 2.24) is 0 Å². The highest BCUT2D eigenvalue weighted by Gasteiger charge is 2.21. The van der Waals surface area contributed by atoms with Crippen LogP contribution in [0.4, 0.5) is 0 Å². The molecule has 0 unspecified atom stereocenters. The van der Waals surface area contributed by atoms with Gasteiger partial charge in [-0.1, -0.05) is 12.8 Å².